The van der Waals surface area contributed by atoms with Crippen LogP contribution in [0.25, 0.3) is 10.8 Å². The van der Waals surface area contributed by atoms with Crippen LogP contribution in [0.1, 0.15) is 22.1 Å². The van der Waals surface area contributed by atoms with Crippen molar-refractivity contribution in [2.75, 3.05) is 6.54 Å². The number of hydrogen-bond acceptors (Lipinski definition) is 5. The van der Waals surface area contributed by atoms with Gasteiger partial charge in [0.15, 0.2) is 6.04 Å². The number of nitrogens with zero attached hydrogens (tertiary/aromatic N) is 2. The van der Waals surface area contributed by atoms with Crippen LogP contribution in [0.5, 0.6) is 0 Å². The Morgan fingerprint density at radius 2 is 1.78 bits per heavy atom. The van der Waals surface area contributed by atoms with Crippen LogP contribution in [0.15, 0.2) is 61.1 Å². The molecule has 0 saturated carbocycles. The van der Waals surface area contributed by atoms with E-state index in [1.807, 2.05) is 0 Å². The maximum Gasteiger partial charge on any atom is 0.330 e. The number of fused-ring (bicyclic) bond motifs is 1. The highest BCUT2D eigenvalue weighted by molar-refractivity contribution is 6.05. The van der Waals surface area contributed by atoms with E-state index in [0.29, 0.717) is 10.9 Å². The third-order valence-corrected chi connectivity index (χ3v) is 3.88. The van der Waals surface area contributed by atoms with Gasteiger partial charge < -0.3 is 15.7 Å². The number of benzene rings is 1. The number of aliphatic carboxylic acids is 1. The normalized spacial score (nSPS) is 11.6. The van der Waals surface area contributed by atoms with E-state index >= 15 is 0 Å². The van der Waals surface area contributed by atoms with Gasteiger partial charge in [0.25, 0.3) is 5.91 Å². The van der Waals surface area contributed by atoms with Crippen LogP contribution in [0.2, 0.25) is 0 Å². The average molecular weight is 364 g/mol. The average Bonchev–Trinajstić information content (AvgIpc) is 2.70. The SMILES string of the molecule is O=C(CNC(=O)c1nccc2ccncc12)N[C@H](C(=O)O)c1ccccc1. The summed E-state index contributed by atoms with van der Waals surface area (Å²) >= 11 is 0. The topological polar surface area (TPSA) is 121 Å². The Kier molecular flexibility index (Phi) is 5.36. The summed E-state index contributed by atoms with van der Waals surface area (Å²) < 4.78 is 0. The van der Waals surface area contributed by atoms with Crippen LogP contribution in [0, 0.1) is 0 Å². The Balaban J connectivity index is 1.66. The summed E-state index contributed by atoms with van der Waals surface area (Å²) in [5.41, 5.74) is 0.581. The first-order chi connectivity index (χ1) is 13.1. The van der Waals surface area contributed by atoms with E-state index in [0.717, 1.165) is 5.39 Å². The van der Waals surface area contributed by atoms with Gasteiger partial charge in [0.2, 0.25) is 5.91 Å². The lowest BCUT2D eigenvalue weighted by atomic mass is 10.1. The first-order valence-electron chi connectivity index (χ1n) is 8.10. The lowest BCUT2D eigenvalue weighted by Gasteiger charge is -2.15. The maximum absolute atomic E-state index is 12.4. The number of nitrogens with one attached hydrogen (secondary N) is 2. The Hall–Kier alpha value is -3.81. The number of hydrogen-bond donors (Lipinski definition) is 3. The molecule has 0 bridgehead atoms. The standard InChI is InChI=1S/C19H16N4O4/c24-15(23-16(19(26)27)13-4-2-1-3-5-13)11-22-18(25)17-14-10-20-8-6-12(14)7-9-21-17/h1-10,16H,11H2,(H,22,25)(H,23,24)(H,26,27)/t16-/m0/s1. The molecule has 2 aromatic heterocycles. The second-order valence-electron chi connectivity index (χ2n) is 5.69. The van der Waals surface area contributed by atoms with Crippen LogP contribution >= 0.6 is 0 Å². The Morgan fingerprint density at radius 1 is 1.04 bits per heavy atom. The van der Waals surface area contributed by atoms with Gasteiger partial charge in [0.05, 0.1) is 6.54 Å². The van der Waals surface area contributed by atoms with Gasteiger partial charge in [-0.15, -0.1) is 0 Å². The molecular formula is C19H16N4O4. The summed E-state index contributed by atoms with van der Waals surface area (Å²) in [5, 5.41) is 15.5. The fourth-order valence-electron chi connectivity index (χ4n) is 2.58. The largest absolute Gasteiger partial charge is 0.479 e. The molecule has 0 radical (unpaired) electrons. The summed E-state index contributed by atoms with van der Waals surface area (Å²) in [7, 11) is 0. The van der Waals surface area contributed by atoms with Gasteiger partial charge in [0.1, 0.15) is 5.69 Å². The van der Waals surface area contributed by atoms with E-state index in [1.165, 1.54) is 12.4 Å². The molecule has 3 aromatic rings. The number of carbonyl (C=O) groups excluding carboxylic acids is 2. The van der Waals surface area contributed by atoms with E-state index in [1.54, 1.807) is 48.7 Å². The van der Waals surface area contributed by atoms with E-state index in [4.69, 9.17) is 0 Å². The predicted octanol–water partition coefficient (Wildman–Crippen LogP) is 1.30. The Morgan fingerprint density at radius 3 is 2.52 bits per heavy atom. The molecule has 0 spiro atoms. The summed E-state index contributed by atoms with van der Waals surface area (Å²) in [6.45, 7) is -0.381. The molecule has 0 aliphatic heterocycles. The molecule has 1 aromatic carbocycles. The van der Waals surface area contributed by atoms with Crippen molar-refractivity contribution in [3.63, 3.8) is 0 Å². The lowest BCUT2D eigenvalue weighted by molar-refractivity contribution is -0.141. The van der Waals surface area contributed by atoms with Crippen LogP contribution in [0.4, 0.5) is 0 Å². The number of carbonyl (C=O) groups is 3. The van der Waals surface area contributed by atoms with Crippen LogP contribution in [-0.2, 0) is 9.59 Å². The second-order valence-corrected chi connectivity index (χ2v) is 5.69. The minimum Gasteiger partial charge on any atom is -0.479 e. The number of carboxylic acid groups (broad SMARTS) is 1. The fourth-order valence-corrected chi connectivity index (χ4v) is 2.58. The van der Waals surface area contributed by atoms with Gasteiger partial charge in [-0.1, -0.05) is 30.3 Å². The summed E-state index contributed by atoms with van der Waals surface area (Å²) in [6.07, 6.45) is 4.62. The summed E-state index contributed by atoms with van der Waals surface area (Å²) in [5.74, 6) is -2.36. The van der Waals surface area contributed by atoms with Gasteiger partial charge >= 0.3 is 5.97 Å². The van der Waals surface area contributed by atoms with E-state index < -0.39 is 23.8 Å². The van der Waals surface area contributed by atoms with Crippen molar-refractivity contribution in [2.24, 2.45) is 0 Å². The second kappa shape index (κ2) is 8.05. The van der Waals surface area contributed by atoms with Crippen molar-refractivity contribution in [1.82, 2.24) is 20.6 Å². The Labute approximate surface area is 154 Å². The third kappa shape index (κ3) is 4.24. The molecule has 8 heteroatoms. The zero-order valence-corrected chi connectivity index (χ0v) is 14.1. The minimum absolute atomic E-state index is 0.145. The van der Waals surface area contributed by atoms with Crippen molar-refractivity contribution >= 4 is 28.6 Å². The van der Waals surface area contributed by atoms with Crippen molar-refractivity contribution in [2.45, 2.75) is 6.04 Å². The highest BCUT2D eigenvalue weighted by atomic mass is 16.4. The molecule has 3 rings (SSSR count). The van der Waals surface area contributed by atoms with E-state index in [-0.39, 0.29) is 12.2 Å². The van der Waals surface area contributed by atoms with Gasteiger partial charge in [-0.05, 0) is 23.1 Å². The number of rotatable bonds is 6. The molecule has 2 amide bonds. The van der Waals surface area contributed by atoms with Crippen LogP contribution < -0.4 is 10.6 Å². The van der Waals surface area contributed by atoms with Crippen LogP contribution in [-0.4, -0.2) is 39.4 Å². The number of amides is 2. The molecule has 0 aliphatic rings. The number of aromatic nitrogens is 2. The van der Waals surface area contributed by atoms with Crippen molar-refractivity contribution in [3.8, 4) is 0 Å². The molecule has 0 aliphatic carbocycles. The van der Waals surface area contributed by atoms with Gasteiger partial charge in [0, 0.05) is 24.0 Å². The van der Waals surface area contributed by atoms with E-state index in [9.17, 15) is 19.5 Å². The molecule has 2 heterocycles. The molecular weight excluding hydrogens is 348 g/mol. The third-order valence-electron chi connectivity index (χ3n) is 3.88. The zero-order chi connectivity index (χ0) is 19.2. The van der Waals surface area contributed by atoms with Crippen molar-refractivity contribution < 1.29 is 19.5 Å². The monoisotopic (exact) mass is 364 g/mol. The van der Waals surface area contributed by atoms with Crippen molar-refractivity contribution in [3.05, 3.63) is 72.3 Å². The summed E-state index contributed by atoms with van der Waals surface area (Å²) in [4.78, 5) is 43.9. The fraction of sp³-hybridized carbons (Fsp3) is 0.105. The molecule has 3 N–H and O–H groups in total. The van der Waals surface area contributed by atoms with Crippen LogP contribution in [0.3, 0.4) is 0 Å². The first kappa shape index (κ1) is 18.0. The smallest absolute Gasteiger partial charge is 0.330 e. The molecule has 0 unspecified atom stereocenters. The first-order valence-corrected chi connectivity index (χ1v) is 8.10. The van der Waals surface area contributed by atoms with Gasteiger partial charge in [-0.3, -0.25) is 19.6 Å². The minimum atomic E-state index is -1.20. The van der Waals surface area contributed by atoms with Crippen molar-refractivity contribution in [1.29, 1.82) is 0 Å². The lowest BCUT2D eigenvalue weighted by Crippen LogP contribution is -2.41. The highest BCUT2D eigenvalue weighted by Crippen LogP contribution is 2.15. The molecule has 0 fully saturated rings. The highest BCUT2D eigenvalue weighted by Gasteiger charge is 2.22. The molecule has 136 valence electrons. The Bertz CT molecular complexity index is 986. The van der Waals surface area contributed by atoms with Gasteiger partial charge in [-0.25, -0.2) is 4.79 Å². The number of carboxylic acids is 1. The number of pyridine rings is 2. The zero-order valence-electron chi connectivity index (χ0n) is 14.1. The molecule has 8 nitrogen and oxygen atoms in total. The molecule has 27 heavy (non-hydrogen) atoms. The maximum atomic E-state index is 12.4. The van der Waals surface area contributed by atoms with Gasteiger partial charge in [-0.2, -0.15) is 0 Å². The molecule has 1 atom stereocenters. The summed E-state index contributed by atoms with van der Waals surface area (Å²) in [6, 6.07) is 10.6. The van der Waals surface area contributed by atoms with E-state index in [2.05, 4.69) is 20.6 Å². The quantitative estimate of drug-likeness (QED) is 0.606. The predicted molar refractivity (Wildman–Crippen MR) is 96.8 cm³/mol. The molecule has 0 saturated heterocycles.